The van der Waals surface area contributed by atoms with Gasteiger partial charge in [-0.05, 0) is 0 Å². The summed E-state index contributed by atoms with van der Waals surface area (Å²) >= 11 is 0. The molecule has 1 aromatic rings. The van der Waals surface area contributed by atoms with Crippen molar-refractivity contribution in [1.29, 1.82) is 0 Å². The van der Waals surface area contributed by atoms with Crippen molar-refractivity contribution >= 4 is 11.8 Å². The van der Waals surface area contributed by atoms with Gasteiger partial charge in [0.05, 0.1) is 0 Å². The number of nitrogens with two attached hydrogens (primary N) is 1. The number of nitrogens with zero attached hydrogens (tertiary/aromatic N) is 1. The lowest BCUT2D eigenvalue weighted by Crippen LogP contribution is -2.10. The Balaban J connectivity index is 3.44. The molecule has 0 amide bonds. The number of nitrogen functional groups attached to an aromatic ring is 1. The van der Waals surface area contributed by atoms with Gasteiger partial charge in [-0.25, -0.2) is 22.9 Å². The molecule has 4 nitrogen and oxygen atoms in total. The molecule has 14 heavy (non-hydrogen) atoms. The van der Waals surface area contributed by atoms with Crippen LogP contribution in [0.2, 0.25) is 0 Å². The highest BCUT2D eigenvalue weighted by atomic mass is 19.3. The molecule has 0 saturated carbocycles. The van der Waals surface area contributed by atoms with Gasteiger partial charge in [0.1, 0.15) is 22.9 Å². The minimum absolute atomic E-state index is 0.484. The van der Waals surface area contributed by atoms with Crippen LogP contribution < -0.4 is 5.73 Å². The highest BCUT2D eigenvalue weighted by molar-refractivity contribution is 5.89. The number of aromatic carboxylic acids is 1. The van der Waals surface area contributed by atoms with Gasteiger partial charge in [-0.2, -0.15) is 0 Å². The summed E-state index contributed by atoms with van der Waals surface area (Å²) in [6.45, 7) is 0. The van der Waals surface area contributed by atoms with Crippen LogP contribution in [0.25, 0.3) is 0 Å². The minimum Gasteiger partial charge on any atom is -0.478 e. The Bertz CT molecular complexity index is 381. The number of rotatable bonds is 2. The normalized spacial score (nSPS) is 10.6. The lowest BCUT2D eigenvalue weighted by Gasteiger charge is -2.05. The number of carbonyl (C=O) groups is 1. The Morgan fingerprint density at radius 3 is 2.57 bits per heavy atom. The van der Waals surface area contributed by atoms with E-state index in [1.165, 1.54) is 0 Å². The Morgan fingerprint density at radius 1 is 1.57 bits per heavy atom. The first-order valence-electron chi connectivity index (χ1n) is 3.41. The van der Waals surface area contributed by atoms with Crippen molar-refractivity contribution in [1.82, 2.24) is 4.98 Å². The van der Waals surface area contributed by atoms with Gasteiger partial charge in [0, 0.05) is 6.07 Å². The van der Waals surface area contributed by atoms with Crippen LogP contribution in [-0.2, 0) is 0 Å². The van der Waals surface area contributed by atoms with Gasteiger partial charge in [0.25, 0.3) is 6.43 Å². The molecule has 0 spiro atoms. The van der Waals surface area contributed by atoms with E-state index in [1.807, 2.05) is 0 Å². The first-order chi connectivity index (χ1) is 6.43. The van der Waals surface area contributed by atoms with Crippen LogP contribution in [0.4, 0.5) is 19.0 Å². The molecule has 0 aliphatic carbocycles. The molecule has 0 saturated heterocycles. The standard InChI is InChI=1S/C7H5F3N2O2/c8-2-1-3(11)12-5(6(9)10)4(2)7(13)14/h1,6H,(H2,11,12)(H,13,14). The monoisotopic (exact) mass is 206 g/mol. The minimum atomic E-state index is -3.18. The summed E-state index contributed by atoms with van der Waals surface area (Å²) in [4.78, 5) is 13.5. The fourth-order valence-electron chi connectivity index (χ4n) is 0.921. The Kier molecular flexibility index (Phi) is 2.59. The Hall–Kier alpha value is -1.79. The maximum absolute atomic E-state index is 12.9. The van der Waals surface area contributed by atoms with Crippen LogP contribution >= 0.6 is 0 Å². The van der Waals surface area contributed by atoms with Gasteiger partial charge in [0.2, 0.25) is 0 Å². The largest absolute Gasteiger partial charge is 0.478 e. The average molecular weight is 206 g/mol. The van der Waals surface area contributed by atoms with Gasteiger partial charge in [-0.3, -0.25) is 0 Å². The molecule has 0 bridgehead atoms. The van der Waals surface area contributed by atoms with Crippen LogP contribution in [0.15, 0.2) is 6.07 Å². The predicted octanol–water partition coefficient (Wildman–Crippen LogP) is 1.44. The van der Waals surface area contributed by atoms with E-state index in [-0.39, 0.29) is 0 Å². The van der Waals surface area contributed by atoms with Gasteiger partial charge in [-0.1, -0.05) is 0 Å². The van der Waals surface area contributed by atoms with E-state index in [1.54, 1.807) is 0 Å². The number of hydrogen-bond donors (Lipinski definition) is 2. The number of halogens is 3. The second-order valence-electron chi connectivity index (χ2n) is 2.40. The van der Waals surface area contributed by atoms with E-state index in [2.05, 4.69) is 4.98 Å². The van der Waals surface area contributed by atoms with Crippen LogP contribution in [0.3, 0.4) is 0 Å². The summed E-state index contributed by atoms with van der Waals surface area (Å²) in [5, 5.41) is 8.43. The van der Waals surface area contributed by atoms with Crippen LogP contribution in [-0.4, -0.2) is 16.1 Å². The zero-order chi connectivity index (χ0) is 10.9. The first kappa shape index (κ1) is 10.3. The molecule has 3 N–H and O–H groups in total. The Morgan fingerprint density at radius 2 is 2.14 bits per heavy atom. The summed E-state index contributed by atoms with van der Waals surface area (Å²) in [6.07, 6.45) is -3.18. The fourth-order valence-corrected chi connectivity index (χ4v) is 0.921. The van der Waals surface area contributed by atoms with Crippen molar-refractivity contribution in [3.8, 4) is 0 Å². The van der Waals surface area contributed by atoms with Gasteiger partial charge < -0.3 is 10.8 Å². The highest BCUT2D eigenvalue weighted by Gasteiger charge is 2.24. The second-order valence-corrected chi connectivity index (χ2v) is 2.40. The SMILES string of the molecule is Nc1cc(F)c(C(=O)O)c(C(F)F)n1. The topological polar surface area (TPSA) is 76.2 Å². The third-order valence-electron chi connectivity index (χ3n) is 1.44. The summed E-state index contributed by atoms with van der Waals surface area (Å²) in [5.41, 5.74) is 2.69. The van der Waals surface area contributed by atoms with Crippen molar-refractivity contribution in [2.75, 3.05) is 5.73 Å². The molecule has 0 unspecified atom stereocenters. The van der Waals surface area contributed by atoms with Gasteiger partial charge in [-0.15, -0.1) is 0 Å². The molecular weight excluding hydrogens is 201 g/mol. The third-order valence-corrected chi connectivity index (χ3v) is 1.44. The fraction of sp³-hybridized carbons (Fsp3) is 0.143. The first-order valence-corrected chi connectivity index (χ1v) is 3.41. The van der Waals surface area contributed by atoms with Crippen molar-refractivity contribution in [3.05, 3.63) is 23.1 Å². The summed E-state index contributed by atoms with van der Waals surface area (Å²) < 4.78 is 37.3. The molecule has 76 valence electrons. The number of pyridine rings is 1. The maximum Gasteiger partial charge on any atom is 0.340 e. The summed E-state index contributed by atoms with van der Waals surface area (Å²) in [5.74, 6) is -3.60. The zero-order valence-corrected chi connectivity index (χ0v) is 6.67. The van der Waals surface area contributed by atoms with Crippen molar-refractivity contribution in [2.24, 2.45) is 0 Å². The molecule has 0 aliphatic heterocycles. The maximum atomic E-state index is 12.9. The van der Waals surface area contributed by atoms with Crippen molar-refractivity contribution in [3.63, 3.8) is 0 Å². The predicted molar refractivity (Wildman–Crippen MR) is 40.5 cm³/mol. The number of carboxylic acid groups (broad SMARTS) is 1. The van der Waals surface area contributed by atoms with E-state index in [0.717, 1.165) is 0 Å². The molecule has 1 aromatic heterocycles. The second kappa shape index (κ2) is 3.52. The quantitative estimate of drug-likeness (QED) is 0.767. The smallest absolute Gasteiger partial charge is 0.340 e. The number of alkyl halides is 2. The molecule has 0 aliphatic rings. The lowest BCUT2D eigenvalue weighted by molar-refractivity contribution is 0.0676. The molecule has 7 heteroatoms. The third kappa shape index (κ3) is 1.76. The van der Waals surface area contributed by atoms with Crippen LogP contribution in [0.5, 0.6) is 0 Å². The van der Waals surface area contributed by atoms with E-state index < -0.39 is 35.3 Å². The molecule has 0 radical (unpaired) electrons. The van der Waals surface area contributed by atoms with E-state index in [9.17, 15) is 18.0 Å². The molecule has 1 heterocycles. The van der Waals surface area contributed by atoms with Gasteiger partial charge >= 0.3 is 5.97 Å². The highest BCUT2D eigenvalue weighted by Crippen LogP contribution is 2.24. The molecular formula is C7H5F3N2O2. The van der Waals surface area contributed by atoms with E-state index >= 15 is 0 Å². The average Bonchev–Trinajstić information content (AvgIpc) is 2.01. The van der Waals surface area contributed by atoms with Crippen LogP contribution in [0, 0.1) is 5.82 Å². The van der Waals surface area contributed by atoms with Crippen molar-refractivity contribution in [2.45, 2.75) is 6.43 Å². The van der Waals surface area contributed by atoms with E-state index in [4.69, 9.17) is 10.8 Å². The molecule has 0 fully saturated rings. The number of anilines is 1. The number of aromatic nitrogens is 1. The molecule has 0 aromatic carbocycles. The number of carboxylic acids is 1. The zero-order valence-electron chi connectivity index (χ0n) is 6.67. The number of hydrogen-bond acceptors (Lipinski definition) is 3. The molecule has 0 atom stereocenters. The van der Waals surface area contributed by atoms with Crippen LogP contribution in [0.1, 0.15) is 22.5 Å². The summed E-state index contributed by atoms with van der Waals surface area (Å²) in [7, 11) is 0. The lowest BCUT2D eigenvalue weighted by atomic mass is 10.2. The van der Waals surface area contributed by atoms with Gasteiger partial charge in [0.15, 0.2) is 0 Å². The molecule has 1 rings (SSSR count). The Labute approximate surface area is 76.2 Å². The summed E-state index contributed by atoms with van der Waals surface area (Å²) in [6, 6.07) is 0.579. The van der Waals surface area contributed by atoms with Crippen molar-refractivity contribution < 1.29 is 23.1 Å². The van der Waals surface area contributed by atoms with E-state index in [0.29, 0.717) is 6.07 Å².